The Labute approximate surface area is 130 Å². The Kier molecular flexibility index (Phi) is 4.17. The monoisotopic (exact) mass is 308 g/mol. The lowest BCUT2D eigenvalue weighted by Gasteiger charge is -2.30. The number of hydrogen-bond acceptors (Lipinski definition) is 4. The lowest BCUT2D eigenvalue weighted by molar-refractivity contribution is 0.0223. The Hall–Kier alpha value is -2.05. The maximum Gasteiger partial charge on any atom is 0.410 e. The van der Waals surface area contributed by atoms with Crippen molar-refractivity contribution in [3.8, 4) is 0 Å². The van der Waals surface area contributed by atoms with Crippen LogP contribution in [0.4, 0.5) is 9.59 Å². The Morgan fingerprint density at radius 1 is 1.27 bits per heavy atom. The summed E-state index contributed by atoms with van der Waals surface area (Å²) in [6, 6.07) is -0.171. The van der Waals surface area contributed by atoms with Gasteiger partial charge in [-0.05, 0) is 27.7 Å². The van der Waals surface area contributed by atoms with Gasteiger partial charge in [-0.1, -0.05) is 0 Å². The summed E-state index contributed by atoms with van der Waals surface area (Å²) in [7, 11) is 3.39. The van der Waals surface area contributed by atoms with Gasteiger partial charge in [-0.2, -0.15) is 9.78 Å². The summed E-state index contributed by atoms with van der Waals surface area (Å²) in [6.07, 6.45) is 0.263. The minimum Gasteiger partial charge on any atom is -0.444 e. The molecule has 0 aromatic carbocycles. The predicted molar refractivity (Wildman–Crippen MR) is 81.8 cm³/mol. The fourth-order valence-corrected chi connectivity index (χ4v) is 2.41. The third-order valence-corrected chi connectivity index (χ3v) is 3.47. The normalized spacial score (nSPS) is 14.5. The average molecular weight is 308 g/mol. The molecule has 2 heterocycles. The highest BCUT2D eigenvalue weighted by Crippen LogP contribution is 2.24. The number of fused-ring (bicyclic) bond motifs is 1. The van der Waals surface area contributed by atoms with Crippen LogP contribution in [0, 0.1) is 6.92 Å². The number of carbonyl (C=O) groups is 2. The van der Waals surface area contributed by atoms with Gasteiger partial charge >= 0.3 is 12.1 Å². The summed E-state index contributed by atoms with van der Waals surface area (Å²) in [6.45, 7) is 8.35. The van der Waals surface area contributed by atoms with Gasteiger partial charge < -0.3 is 14.5 Å². The average Bonchev–Trinajstić information content (AvgIpc) is 2.72. The van der Waals surface area contributed by atoms with Crippen LogP contribution in [0.5, 0.6) is 0 Å². The Morgan fingerprint density at radius 3 is 2.45 bits per heavy atom. The van der Waals surface area contributed by atoms with Crippen LogP contribution >= 0.6 is 0 Å². The largest absolute Gasteiger partial charge is 0.444 e. The smallest absolute Gasteiger partial charge is 0.410 e. The van der Waals surface area contributed by atoms with Crippen LogP contribution < -0.4 is 0 Å². The van der Waals surface area contributed by atoms with Gasteiger partial charge in [0.25, 0.3) is 0 Å². The highest BCUT2D eigenvalue weighted by molar-refractivity contribution is 5.77. The zero-order chi connectivity index (χ0) is 16.7. The molecule has 1 aromatic rings. The van der Waals surface area contributed by atoms with E-state index in [1.165, 1.54) is 9.58 Å². The van der Waals surface area contributed by atoms with Crippen LogP contribution in [0.2, 0.25) is 0 Å². The molecule has 2 rings (SSSR count). The summed E-state index contributed by atoms with van der Waals surface area (Å²) < 4.78 is 6.85. The van der Waals surface area contributed by atoms with Crippen molar-refractivity contribution in [2.45, 2.75) is 46.3 Å². The first-order chi connectivity index (χ1) is 10.1. The minimum atomic E-state index is -0.516. The molecule has 1 aromatic heterocycles. The number of nitrogens with zero attached hydrogens (tertiary/aromatic N) is 4. The van der Waals surface area contributed by atoms with Gasteiger partial charge in [0.05, 0.1) is 17.9 Å². The molecule has 0 fully saturated rings. The van der Waals surface area contributed by atoms with E-state index in [2.05, 4.69) is 5.10 Å². The Morgan fingerprint density at radius 2 is 1.91 bits per heavy atom. The van der Waals surface area contributed by atoms with E-state index < -0.39 is 5.60 Å². The molecule has 0 saturated heterocycles. The maximum atomic E-state index is 12.2. The van der Waals surface area contributed by atoms with Gasteiger partial charge in [0.2, 0.25) is 0 Å². The molecule has 1 aliphatic rings. The van der Waals surface area contributed by atoms with Crippen LogP contribution in [0.3, 0.4) is 0 Å². The van der Waals surface area contributed by atoms with Crippen LogP contribution in [0.25, 0.3) is 0 Å². The molecule has 0 spiro atoms. The van der Waals surface area contributed by atoms with E-state index in [1.54, 1.807) is 19.0 Å². The topological polar surface area (TPSA) is 67.7 Å². The molecule has 0 aliphatic carbocycles. The fourth-order valence-electron chi connectivity index (χ4n) is 2.41. The Balaban J connectivity index is 2.22. The molecule has 7 nitrogen and oxygen atoms in total. The molecular weight excluding hydrogens is 284 g/mol. The third kappa shape index (κ3) is 3.23. The molecule has 2 amide bonds. The number of rotatable bonds is 0. The zero-order valence-corrected chi connectivity index (χ0v) is 14.1. The van der Waals surface area contributed by atoms with Crippen molar-refractivity contribution >= 4 is 12.1 Å². The van der Waals surface area contributed by atoms with Gasteiger partial charge in [0, 0.05) is 32.6 Å². The molecule has 0 atom stereocenters. The first kappa shape index (κ1) is 16.3. The quantitative estimate of drug-likeness (QED) is 0.735. The first-order valence-electron chi connectivity index (χ1n) is 7.37. The second kappa shape index (κ2) is 5.62. The molecule has 0 N–H and O–H groups in total. The minimum absolute atomic E-state index is 0.171. The van der Waals surface area contributed by atoms with Crippen molar-refractivity contribution in [3.05, 3.63) is 17.0 Å². The lowest BCUT2D eigenvalue weighted by Crippen LogP contribution is -2.40. The van der Waals surface area contributed by atoms with Gasteiger partial charge in [0.15, 0.2) is 0 Å². The SMILES string of the molecule is Cc1nn(C(=O)N(C)C)c2c1CN(C(=O)OC(C)(C)C)CC2. The lowest BCUT2D eigenvalue weighted by atomic mass is 10.1. The molecule has 22 heavy (non-hydrogen) atoms. The second-order valence-corrected chi connectivity index (χ2v) is 6.75. The van der Waals surface area contributed by atoms with Crippen molar-refractivity contribution in [1.82, 2.24) is 19.6 Å². The van der Waals surface area contributed by atoms with Crippen molar-refractivity contribution in [2.24, 2.45) is 0 Å². The van der Waals surface area contributed by atoms with E-state index in [4.69, 9.17) is 4.74 Å². The molecule has 0 unspecified atom stereocenters. The molecule has 7 heteroatoms. The maximum absolute atomic E-state index is 12.2. The number of aromatic nitrogens is 2. The zero-order valence-electron chi connectivity index (χ0n) is 14.1. The van der Waals surface area contributed by atoms with Gasteiger partial charge in [-0.15, -0.1) is 0 Å². The predicted octanol–water partition coefficient (Wildman–Crippen LogP) is 2.01. The molecule has 0 saturated carbocycles. The molecule has 1 aliphatic heterocycles. The number of amides is 2. The summed E-state index contributed by atoms with van der Waals surface area (Å²) in [5, 5.41) is 4.33. The van der Waals surface area contributed by atoms with Crippen LogP contribution in [0.1, 0.15) is 37.7 Å². The second-order valence-electron chi connectivity index (χ2n) is 6.75. The van der Waals surface area contributed by atoms with Crippen molar-refractivity contribution in [3.63, 3.8) is 0 Å². The summed E-state index contributed by atoms with van der Waals surface area (Å²) in [5.74, 6) is 0. The number of carbonyl (C=O) groups excluding carboxylic acids is 2. The summed E-state index contributed by atoms with van der Waals surface area (Å²) in [4.78, 5) is 27.5. The van der Waals surface area contributed by atoms with Crippen molar-refractivity contribution < 1.29 is 14.3 Å². The molecule has 0 bridgehead atoms. The van der Waals surface area contributed by atoms with Crippen LogP contribution in [0.15, 0.2) is 0 Å². The standard InChI is InChI=1S/C15H24N4O3/c1-10-11-9-18(14(21)22-15(2,3)4)8-7-12(11)19(16-10)13(20)17(5)6/h7-9H2,1-6H3. The molecular formula is C15H24N4O3. The van der Waals surface area contributed by atoms with E-state index in [-0.39, 0.29) is 12.1 Å². The third-order valence-electron chi connectivity index (χ3n) is 3.47. The highest BCUT2D eigenvalue weighted by Gasteiger charge is 2.30. The van der Waals surface area contributed by atoms with Crippen molar-refractivity contribution in [1.29, 1.82) is 0 Å². The molecule has 122 valence electrons. The van der Waals surface area contributed by atoms with Gasteiger partial charge in [0.1, 0.15) is 5.60 Å². The Bertz CT molecular complexity index is 599. The van der Waals surface area contributed by atoms with Gasteiger partial charge in [-0.25, -0.2) is 9.59 Å². The van der Waals surface area contributed by atoms with E-state index >= 15 is 0 Å². The highest BCUT2D eigenvalue weighted by atomic mass is 16.6. The number of ether oxygens (including phenoxy) is 1. The summed E-state index contributed by atoms with van der Waals surface area (Å²) in [5.41, 5.74) is 2.08. The van der Waals surface area contributed by atoms with Crippen LogP contribution in [-0.4, -0.2) is 57.9 Å². The van der Waals surface area contributed by atoms with E-state index in [9.17, 15) is 9.59 Å². The first-order valence-corrected chi connectivity index (χ1v) is 7.37. The van der Waals surface area contributed by atoms with Crippen molar-refractivity contribution in [2.75, 3.05) is 20.6 Å². The number of aryl methyl sites for hydroxylation is 1. The number of hydrogen-bond donors (Lipinski definition) is 0. The fraction of sp³-hybridized carbons (Fsp3) is 0.667. The van der Waals surface area contributed by atoms with Crippen LogP contribution in [-0.2, 0) is 17.7 Å². The van der Waals surface area contributed by atoms with E-state index in [0.29, 0.717) is 19.5 Å². The summed E-state index contributed by atoms with van der Waals surface area (Å²) >= 11 is 0. The molecule has 0 radical (unpaired) electrons. The van der Waals surface area contributed by atoms with E-state index in [0.717, 1.165) is 17.0 Å². The van der Waals surface area contributed by atoms with Gasteiger partial charge in [-0.3, -0.25) is 0 Å². The van der Waals surface area contributed by atoms with E-state index in [1.807, 2.05) is 27.7 Å².